The van der Waals surface area contributed by atoms with Gasteiger partial charge >= 0.3 is 0 Å². The number of halogens is 1. The number of rotatable bonds is 6. The van der Waals surface area contributed by atoms with Crippen LogP contribution in [0.25, 0.3) is 16.9 Å². The van der Waals surface area contributed by atoms with Gasteiger partial charge in [-0.15, -0.1) is 0 Å². The Hall–Kier alpha value is -3.45. The molecule has 1 amide bonds. The van der Waals surface area contributed by atoms with E-state index in [1.54, 1.807) is 36.0 Å². The van der Waals surface area contributed by atoms with Crippen LogP contribution in [0.4, 0.5) is 0 Å². The number of aryl methyl sites for hydroxylation is 1. The Bertz CT molecular complexity index is 1350. The van der Waals surface area contributed by atoms with Gasteiger partial charge in [0.2, 0.25) is 0 Å². The number of fused-ring (bicyclic) bond motifs is 1. The standard InChI is InChI=1S/C25H24ClN5O2/c1-15-23-19(25(32)30(2)14-17-12-18(26)9-10-21(17)33-3)13-20(16-7-8-16)28-24(23)31(29-15)22-6-4-5-11-27-22/h4-6,9-13,16H,7-8,14H2,1-3H3. The number of benzene rings is 1. The highest BCUT2D eigenvalue weighted by Gasteiger charge is 2.30. The van der Waals surface area contributed by atoms with Crippen LogP contribution in [0.2, 0.25) is 5.02 Å². The number of aromatic nitrogens is 4. The van der Waals surface area contributed by atoms with Crippen molar-refractivity contribution in [3.63, 3.8) is 0 Å². The van der Waals surface area contributed by atoms with Gasteiger partial charge in [-0.1, -0.05) is 17.7 Å². The van der Waals surface area contributed by atoms with E-state index in [1.165, 1.54) is 0 Å². The molecule has 1 aromatic carbocycles. The molecule has 4 aromatic rings. The monoisotopic (exact) mass is 461 g/mol. The van der Waals surface area contributed by atoms with E-state index in [0.717, 1.165) is 35.2 Å². The minimum absolute atomic E-state index is 0.102. The summed E-state index contributed by atoms with van der Waals surface area (Å²) in [4.78, 5) is 24.7. The van der Waals surface area contributed by atoms with Crippen molar-refractivity contribution >= 4 is 28.5 Å². The van der Waals surface area contributed by atoms with Crippen LogP contribution in [-0.2, 0) is 6.54 Å². The number of hydrogen-bond donors (Lipinski definition) is 0. The van der Waals surface area contributed by atoms with Crippen LogP contribution in [0.5, 0.6) is 5.75 Å². The molecule has 8 heteroatoms. The van der Waals surface area contributed by atoms with Crippen molar-refractivity contribution in [3.05, 3.63) is 76.2 Å². The molecule has 5 rings (SSSR count). The highest BCUT2D eigenvalue weighted by molar-refractivity contribution is 6.30. The van der Waals surface area contributed by atoms with Crippen molar-refractivity contribution in [3.8, 4) is 11.6 Å². The Balaban J connectivity index is 1.59. The number of methoxy groups -OCH3 is 1. The fourth-order valence-electron chi connectivity index (χ4n) is 4.11. The molecular formula is C25H24ClN5O2. The van der Waals surface area contributed by atoms with Crippen LogP contribution >= 0.6 is 11.6 Å². The molecule has 33 heavy (non-hydrogen) atoms. The Morgan fingerprint density at radius 3 is 2.76 bits per heavy atom. The first-order valence-electron chi connectivity index (χ1n) is 10.9. The fraction of sp³-hybridized carbons (Fsp3) is 0.280. The van der Waals surface area contributed by atoms with Gasteiger partial charge in [-0.3, -0.25) is 4.79 Å². The van der Waals surface area contributed by atoms with E-state index in [0.29, 0.717) is 40.3 Å². The van der Waals surface area contributed by atoms with Crippen LogP contribution < -0.4 is 4.74 Å². The molecule has 7 nitrogen and oxygen atoms in total. The maximum Gasteiger partial charge on any atom is 0.254 e. The lowest BCUT2D eigenvalue weighted by molar-refractivity contribution is 0.0786. The van der Waals surface area contributed by atoms with Gasteiger partial charge in [-0.25, -0.2) is 9.97 Å². The Morgan fingerprint density at radius 1 is 1.24 bits per heavy atom. The Labute approximate surface area is 197 Å². The zero-order valence-electron chi connectivity index (χ0n) is 18.7. The largest absolute Gasteiger partial charge is 0.496 e. The summed E-state index contributed by atoms with van der Waals surface area (Å²) >= 11 is 6.19. The highest BCUT2D eigenvalue weighted by Crippen LogP contribution is 2.41. The van der Waals surface area contributed by atoms with E-state index < -0.39 is 0 Å². The van der Waals surface area contributed by atoms with Crippen molar-refractivity contribution < 1.29 is 9.53 Å². The van der Waals surface area contributed by atoms with E-state index in [1.807, 2.05) is 43.3 Å². The zero-order valence-corrected chi connectivity index (χ0v) is 19.5. The van der Waals surface area contributed by atoms with Crippen LogP contribution in [0, 0.1) is 6.92 Å². The third-order valence-corrected chi connectivity index (χ3v) is 6.16. The lowest BCUT2D eigenvalue weighted by Crippen LogP contribution is -2.27. The smallest absolute Gasteiger partial charge is 0.254 e. The molecule has 1 fully saturated rings. The van der Waals surface area contributed by atoms with Crippen molar-refractivity contribution in [1.82, 2.24) is 24.6 Å². The number of carbonyl (C=O) groups excluding carboxylic acids is 1. The van der Waals surface area contributed by atoms with Crippen LogP contribution in [0.15, 0.2) is 48.7 Å². The van der Waals surface area contributed by atoms with Gasteiger partial charge in [-0.2, -0.15) is 9.78 Å². The number of nitrogens with zero attached hydrogens (tertiary/aromatic N) is 5. The van der Waals surface area contributed by atoms with Gasteiger partial charge in [0.25, 0.3) is 5.91 Å². The third-order valence-electron chi connectivity index (χ3n) is 5.92. The molecule has 168 valence electrons. The predicted octanol–water partition coefficient (Wildman–Crippen LogP) is 4.94. The normalized spacial score (nSPS) is 13.3. The molecule has 3 heterocycles. The predicted molar refractivity (Wildman–Crippen MR) is 127 cm³/mol. The van der Waals surface area contributed by atoms with E-state index in [-0.39, 0.29) is 5.91 Å². The SMILES string of the molecule is COc1ccc(Cl)cc1CN(C)C(=O)c1cc(C2CC2)nc2c1c(C)nn2-c1ccccn1. The second-order valence-corrected chi connectivity index (χ2v) is 8.81. The topological polar surface area (TPSA) is 73.1 Å². The van der Waals surface area contributed by atoms with Gasteiger partial charge in [0.1, 0.15) is 5.75 Å². The Morgan fingerprint density at radius 2 is 2.06 bits per heavy atom. The molecule has 0 aliphatic heterocycles. The molecule has 0 saturated heterocycles. The molecule has 0 N–H and O–H groups in total. The average Bonchev–Trinajstić information content (AvgIpc) is 3.62. The van der Waals surface area contributed by atoms with Crippen molar-refractivity contribution in [2.75, 3.05) is 14.2 Å². The summed E-state index contributed by atoms with van der Waals surface area (Å²) in [5.41, 5.74) is 3.77. The summed E-state index contributed by atoms with van der Waals surface area (Å²) in [6.45, 7) is 2.26. The van der Waals surface area contributed by atoms with Gasteiger partial charge in [0.05, 0.1) is 23.8 Å². The van der Waals surface area contributed by atoms with Gasteiger partial charge in [0, 0.05) is 42.0 Å². The van der Waals surface area contributed by atoms with Crippen LogP contribution in [0.1, 0.15) is 46.1 Å². The summed E-state index contributed by atoms with van der Waals surface area (Å²) in [6.07, 6.45) is 3.89. The first-order valence-corrected chi connectivity index (χ1v) is 11.2. The van der Waals surface area contributed by atoms with Gasteiger partial charge < -0.3 is 9.64 Å². The minimum Gasteiger partial charge on any atom is -0.496 e. The molecular weight excluding hydrogens is 438 g/mol. The Kier molecular flexibility index (Phi) is 5.50. The molecule has 0 unspecified atom stereocenters. The van der Waals surface area contributed by atoms with E-state index in [4.69, 9.17) is 21.3 Å². The number of ether oxygens (including phenoxy) is 1. The second kappa shape index (κ2) is 8.48. The molecule has 0 atom stereocenters. The number of carbonyl (C=O) groups is 1. The quantitative estimate of drug-likeness (QED) is 0.407. The van der Waals surface area contributed by atoms with Crippen LogP contribution in [-0.4, -0.2) is 44.7 Å². The average molecular weight is 462 g/mol. The second-order valence-electron chi connectivity index (χ2n) is 8.37. The van der Waals surface area contributed by atoms with E-state index in [2.05, 4.69) is 10.1 Å². The van der Waals surface area contributed by atoms with Crippen molar-refractivity contribution in [1.29, 1.82) is 0 Å². The summed E-state index contributed by atoms with van der Waals surface area (Å²) < 4.78 is 7.19. The number of hydrogen-bond acceptors (Lipinski definition) is 5. The summed E-state index contributed by atoms with van der Waals surface area (Å²) in [5.74, 6) is 1.64. The molecule has 3 aromatic heterocycles. The van der Waals surface area contributed by atoms with E-state index in [9.17, 15) is 4.79 Å². The third kappa shape index (κ3) is 4.04. The van der Waals surface area contributed by atoms with Gasteiger partial charge in [0.15, 0.2) is 11.5 Å². The zero-order chi connectivity index (χ0) is 23.1. The van der Waals surface area contributed by atoms with Crippen molar-refractivity contribution in [2.45, 2.75) is 32.2 Å². The maximum atomic E-state index is 13.7. The minimum atomic E-state index is -0.102. The molecule has 1 aliphatic carbocycles. The fourth-order valence-corrected chi connectivity index (χ4v) is 4.30. The maximum absolute atomic E-state index is 13.7. The van der Waals surface area contributed by atoms with Crippen molar-refractivity contribution in [2.24, 2.45) is 0 Å². The molecule has 0 spiro atoms. The van der Waals surface area contributed by atoms with Crippen LogP contribution in [0.3, 0.4) is 0 Å². The number of amides is 1. The molecule has 0 bridgehead atoms. The molecule has 1 aliphatic rings. The summed E-state index contributed by atoms with van der Waals surface area (Å²) in [7, 11) is 3.39. The first-order chi connectivity index (χ1) is 16.0. The highest BCUT2D eigenvalue weighted by atomic mass is 35.5. The molecule has 0 radical (unpaired) electrons. The first kappa shape index (κ1) is 21.4. The van der Waals surface area contributed by atoms with E-state index >= 15 is 0 Å². The van der Waals surface area contributed by atoms with Gasteiger partial charge in [-0.05, 0) is 56.2 Å². The lowest BCUT2D eigenvalue weighted by Gasteiger charge is -2.20. The lowest BCUT2D eigenvalue weighted by atomic mass is 10.1. The number of pyridine rings is 2. The summed E-state index contributed by atoms with van der Waals surface area (Å²) in [6, 6.07) is 13.0. The molecule has 1 saturated carbocycles. The summed E-state index contributed by atoms with van der Waals surface area (Å²) in [5, 5.41) is 6.04.